The molecule has 0 aliphatic carbocycles. The standard InChI is InChI=1S/C18H20BrNO/c1-18(20,14-6-4-7-15(19)11-14)12-17-16-8-3-2-5-13(16)9-10-21-17/h2-8,11,17H,9-10,12,20H2,1H3. The van der Waals surface area contributed by atoms with Crippen LogP contribution in [-0.2, 0) is 16.7 Å². The van der Waals surface area contributed by atoms with E-state index in [1.165, 1.54) is 11.1 Å². The van der Waals surface area contributed by atoms with Crippen LogP contribution < -0.4 is 5.73 Å². The van der Waals surface area contributed by atoms with Crippen molar-refractivity contribution in [3.05, 3.63) is 69.7 Å². The minimum absolute atomic E-state index is 0.0731. The van der Waals surface area contributed by atoms with Crippen LogP contribution in [0.2, 0.25) is 0 Å². The molecule has 21 heavy (non-hydrogen) atoms. The first-order valence-corrected chi connectivity index (χ1v) is 8.10. The zero-order chi connectivity index (χ0) is 14.9. The lowest BCUT2D eigenvalue weighted by Gasteiger charge is -2.33. The Morgan fingerprint density at radius 3 is 2.86 bits per heavy atom. The largest absolute Gasteiger partial charge is 0.373 e. The summed E-state index contributed by atoms with van der Waals surface area (Å²) in [4.78, 5) is 0. The highest BCUT2D eigenvalue weighted by atomic mass is 79.9. The molecule has 3 rings (SSSR count). The van der Waals surface area contributed by atoms with Gasteiger partial charge in [0.25, 0.3) is 0 Å². The predicted octanol–water partition coefficient (Wildman–Crippen LogP) is 4.33. The van der Waals surface area contributed by atoms with E-state index in [0.717, 1.165) is 29.5 Å². The lowest BCUT2D eigenvalue weighted by molar-refractivity contribution is 0.0222. The minimum Gasteiger partial charge on any atom is -0.373 e. The van der Waals surface area contributed by atoms with Crippen molar-refractivity contribution in [1.29, 1.82) is 0 Å². The first-order valence-electron chi connectivity index (χ1n) is 7.30. The first kappa shape index (κ1) is 14.8. The molecule has 2 aromatic rings. The van der Waals surface area contributed by atoms with Gasteiger partial charge in [-0.05, 0) is 48.6 Å². The van der Waals surface area contributed by atoms with Crippen molar-refractivity contribution in [2.75, 3.05) is 6.61 Å². The summed E-state index contributed by atoms with van der Waals surface area (Å²) in [6.07, 6.45) is 1.84. The molecule has 1 aliphatic heterocycles. The Morgan fingerprint density at radius 1 is 1.24 bits per heavy atom. The Bertz CT molecular complexity index is 639. The number of hydrogen-bond acceptors (Lipinski definition) is 2. The van der Waals surface area contributed by atoms with E-state index in [-0.39, 0.29) is 6.10 Å². The monoisotopic (exact) mass is 345 g/mol. The highest BCUT2D eigenvalue weighted by molar-refractivity contribution is 9.10. The summed E-state index contributed by atoms with van der Waals surface area (Å²) in [6, 6.07) is 16.7. The normalized spacial score (nSPS) is 20.6. The maximum Gasteiger partial charge on any atom is 0.0848 e. The van der Waals surface area contributed by atoms with E-state index < -0.39 is 5.54 Å². The molecule has 1 aliphatic rings. The molecule has 110 valence electrons. The van der Waals surface area contributed by atoms with Crippen molar-refractivity contribution in [2.45, 2.75) is 31.4 Å². The van der Waals surface area contributed by atoms with Crippen LogP contribution in [0.3, 0.4) is 0 Å². The third-order valence-electron chi connectivity index (χ3n) is 4.19. The SMILES string of the molecule is CC(N)(CC1OCCc2ccccc21)c1cccc(Br)c1. The number of halogens is 1. The topological polar surface area (TPSA) is 35.2 Å². The van der Waals surface area contributed by atoms with E-state index >= 15 is 0 Å². The highest BCUT2D eigenvalue weighted by Gasteiger charge is 2.30. The molecule has 0 bridgehead atoms. The van der Waals surface area contributed by atoms with Gasteiger partial charge in [0.2, 0.25) is 0 Å². The van der Waals surface area contributed by atoms with E-state index in [2.05, 4.69) is 59.3 Å². The van der Waals surface area contributed by atoms with Crippen molar-refractivity contribution in [1.82, 2.24) is 0 Å². The molecule has 2 atom stereocenters. The molecule has 2 unspecified atom stereocenters. The predicted molar refractivity (Wildman–Crippen MR) is 89.1 cm³/mol. The quantitative estimate of drug-likeness (QED) is 0.898. The molecule has 0 saturated carbocycles. The molecule has 0 saturated heterocycles. The molecule has 0 aromatic heterocycles. The third-order valence-corrected chi connectivity index (χ3v) is 4.68. The molecule has 2 nitrogen and oxygen atoms in total. The summed E-state index contributed by atoms with van der Waals surface area (Å²) in [5.41, 5.74) is 9.98. The Hall–Kier alpha value is -1.16. The maximum absolute atomic E-state index is 6.59. The second-order valence-electron chi connectivity index (χ2n) is 5.94. The summed E-state index contributed by atoms with van der Waals surface area (Å²) >= 11 is 3.52. The fourth-order valence-corrected chi connectivity index (χ4v) is 3.39. The van der Waals surface area contributed by atoms with Crippen molar-refractivity contribution >= 4 is 15.9 Å². The van der Waals surface area contributed by atoms with Gasteiger partial charge in [0.1, 0.15) is 0 Å². The van der Waals surface area contributed by atoms with Crippen molar-refractivity contribution in [3.63, 3.8) is 0 Å². The van der Waals surface area contributed by atoms with Crippen LogP contribution in [0.1, 0.15) is 36.1 Å². The van der Waals surface area contributed by atoms with Gasteiger partial charge in [-0.2, -0.15) is 0 Å². The molecule has 0 amide bonds. The van der Waals surface area contributed by atoms with Crippen molar-refractivity contribution in [2.24, 2.45) is 5.73 Å². The van der Waals surface area contributed by atoms with Crippen LogP contribution in [0.5, 0.6) is 0 Å². The number of nitrogens with two attached hydrogens (primary N) is 1. The lowest BCUT2D eigenvalue weighted by Crippen LogP contribution is -2.36. The molecule has 2 N–H and O–H groups in total. The number of ether oxygens (including phenoxy) is 1. The van der Waals surface area contributed by atoms with E-state index in [1.54, 1.807) is 0 Å². The van der Waals surface area contributed by atoms with E-state index in [1.807, 2.05) is 12.1 Å². The van der Waals surface area contributed by atoms with E-state index in [0.29, 0.717) is 0 Å². The molecule has 1 heterocycles. The molecular formula is C18H20BrNO. The minimum atomic E-state index is -0.418. The van der Waals surface area contributed by atoms with Gasteiger partial charge in [-0.1, -0.05) is 52.3 Å². The molecule has 0 spiro atoms. The van der Waals surface area contributed by atoms with Crippen LogP contribution in [0.25, 0.3) is 0 Å². The number of fused-ring (bicyclic) bond motifs is 1. The Kier molecular flexibility index (Phi) is 4.16. The summed E-state index contributed by atoms with van der Waals surface area (Å²) < 4.78 is 7.06. The number of hydrogen-bond donors (Lipinski definition) is 1. The molecule has 0 radical (unpaired) electrons. The second kappa shape index (κ2) is 5.91. The van der Waals surface area contributed by atoms with Gasteiger partial charge in [-0.15, -0.1) is 0 Å². The molecular weight excluding hydrogens is 326 g/mol. The number of rotatable bonds is 3. The maximum atomic E-state index is 6.59. The van der Waals surface area contributed by atoms with Crippen molar-refractivity contribution < 1.29 is 4.74 Å². The van der Waals surface area contributed by atoms with Gasteiger partial charge in [0.05, 0.1) is 12.7 Å². The Morgan fingerprint density at radius 2 is 2.05 bits per heavy atom. The van der Waals surface area contributed by atoms with E-state index in [9.17, 15) is 0 Å². The second-order valence-corrected chi connectivity index (χ2v) is 6.86. The molecule has 0 fully saturated rings. The fraction of sp³-hybridized carbons (Fsp3) is 0.333. The van der Waals surface area contributed by atoms with Gasteiger partial charge >= 0.3 is 0 Å². The number of benzene rings is 2. The highest BCUT2D eigenvalue weighted by Crippen LogP contribution is 2.36. The van der Waals surface area contributed by atoms with Gasteiger partial charge in [0.15, 0.2) is 0 Å². The first-order chi connectivity index (χ1) is 10.1. The molecule has 2 aromatic carbocycles. The summed E-state index contributed by atoms with van der Waals surface area (Å²) in [6.45, 7) is 2.85. The van der Waals surface area contributed by atoms with Crippen LogP contribution in [0, 0.1) is 0 Å². The zero-order valence-electron chi connectivity index (χ0n) is 12.2. The fourth-order valence-electron chi connectivity index (χ4n) is 2.99. The van der Waals surface area contributed by atoms with Gasteiger partial charge in [-0.3, -0.25) is 0 Å². The van der Waals surface area contributed by atoms with E-state index in [4.69, 9.17) is 10.5 Å². The summed E-state index contributed by atoms with van der Waals surface area (Å²) in [5, 5.41) is 0. The lowest BCUT2D eigenvalue weighted by atomic mass is 9.83. The van der Waals surface area contributed by atoms with Gasteiger partial charge in [-0.25, -0.2) is 0 Å². The smallest absolute Gasteiger partial charge is 0.0848 e. The zero-order valence-corrected chi connectivity index (χ0v) is 13.8. The van der Waals surface area contributed by atoms with Crippen LogP contribution in [0.15, 0.2) is 53.0 Å². The Labute approximate surface area is 134 Å². The van der Waals surface area contributed by atoms with Gasteiger partial charge < -0.3 is 10.5 Å². The van der Waals surface area contributed by atoms with Crippen LogP contribution in [-0.4, -0.2) is 6.61 Å². The summed E-state index contributed by atoms with van der Waals surface area (Å²) in [5.74, 6) is 0. The average molecular weight is 346 g/mol. The molecule has 3 heteroatoms. The Balaban J connectivity index is 1.86. The van der Waals surface area contributed by atoms with Crippen LogP contribution in [0.4, 0.5) is 0 Å². The summed E-state index contributed by atoms with van der Waals surface area (Å²) in [7, 11) is 0. The third kappa shape index (κ3) is 3.20. The van der Waals surface area contributed by atoms with Crippen molar-refractivity contribution in [3.8, 4) is 0 Å². The average Bonchev–Trinajstić information content (AvgIpc) is 2.47. The van der Waals surface area contributed by atoms with Crippen LogP contribution >= 0.6 is 15.9 Å². The van der Waals surface area contributed by atoms with Gasteiger partial charge in [0, 0.05) is 10.0 Å².